The number of carbonyl (C=O) groups is 1. The lowest BCUT2D eigenvalue weighted by Gasteiger charge is -2.12. The highest BCUT2D eigenvalue weighted by atomic mass is 19.1. The molecule has 2 aromatic rings. The summed E-state index contributed by atoms with van der Waals surface area (Å²) < 4.78 is 31.8. The fraction of sp³-hybridized carbons (Fsp3) is 0.188. The predicted molar refractivity (Wildman–Crippen MR) is 76.2 cm³/mol. The molecule has 5 heteroatoms. The number of methoxy groups -OCH3 is 1. The molecule has 2 aromatic carbocycles. The molecule has 0 heterocycles. The van der Waals surface area contributed by atoms with Crippen LogP contribution in [-0.2, 0) is 11.3 Å². The van der Waals surface area contributed by atoms with E-state index in [1.807, 2.05) is 6.92 Å². The molecule has 0 radical (unpaired) electrons. The van der Waals surface area contributed by atoms with Crippen LogP contribution in [0.2, 0.25) is 0 Å². The molecule has 110 valence electrons. The Morgan fingerprint density at radius 2 is 1.86 bits per heavy atom. The third-order valence-corrected chi connectivity index (χ3v) is 3.18. The third kappa shape index (κ3) is 3.37. The molecule has 0 amide bonds. The Bertz CT molecular complexity index is 651. The lowest BCUT2D eigenvalue weighted by atomic mass is 10.1. The van der Waals surface area contributed by atoms with Crippen LogP contribution in [0.25, 0.3) is 0 Å². The first kappa shape index (κ1) is 15.0. The molecule has 0 bridgehead atoms. The van der Waals surface area contributed by atoms with E-state index in [0.29, 0.717) is 11.3 Å². The summed E-state index contributed by atoms with van der Waals surface area (Å²) >= 11 is 0. The van der Waals surface area contributed by atoms with Crippen LogP contribution >= 0.6 is 0 Å². The van der Waals surface area contributed by atoms with E-state index in [4.69, 9.17) is 0 Å². The van der Waals surface area contributed by atoms with Crippen LogP contribution in [0.5, 0.6) is 0 Å². The van der Waals surface area contributed by atoms with Gasteiger partial charge in [0.1, 0.15) is 11.6 Å². The molecule has 0 aliphatic carbocycles. The number of halogens is 2. The third-order valence-electron chi connectivity index (χ3n) is 3.18. The van der Waals surface area contributed by atoms with E-state index in [2.05, 4.69) is 10.1 Å². The Kier molecular flexibility index (Phi) is 4.52. The lowest BCUT2D eigenvalue weighted by Crippen LogP contribution is -2.07. The Morgan fingerprint density at radius 1 is 1.19 bits per heavy atom. The second-order valence-electron chi connectivity index (χ2n) is 4.58. The first-order chi connectivity index (χ1) is 10.0. The van der Waals surface area contributed by atoms with E-state index in [1.54, 1.807) is 18.2 Å². The summed E-state index contributed by atoms with van der Waals surface area (Å²) in [6.45, 7) is 1.82. The van der Waals surface area contributed by atoms with Crippen LogP contribution in [0, 0.1) is 18.6 Å². The van der Waals surface area contributed by atoms with Gasteiger partial charge in [0.05, 0.1) is 12.7 Å². The Hall–Kier alpha value is -2.43. The van der Waals surface area contributed by atoms with Crippen molar-refractivity contribution in [2.45, 2.75) is 13.5 Å². The van der Waals surface area contributed by atoms with E-state index in [9.17, 15) is 13.6 Å². The number of ether oxygens (including phenoxy) is 1. The number of benzene rings is 2. The Morgan fingerprint density at radius 3 is 2.48 bits per heavy atom. The van der Waals surface area contributed by atoms with Crippen molar-refractivity contribution in [1.82, 2.24) is 0 Å². The van der Waals surface area contributed by atoms with E-state index in [-0.39, 0.29) is 12.1 Å². The summed E-state index contributed by atoms with van der Waals surface area (Å²) in [5.41, 5.74) is 1.82. The minimum atomic E-state index is -0.607. The highest BCUT2D eigenvalue weighted by molar-refractivity contribution is 5.90. The van der Waals surface area contributed by atoms with Crippen molar-refractivity contribution in [2.24, 2.45) is 0 Å². The maximum atomic E-state index is 13.6. The van der Waals surface area contributed by atoms with Gasteiger partial charge in [0.2, 0.25) is 0 Å². The zero-order chi connectivity index (χ0) is 15.4. The van der Waals surface area contributed by atoms with Gasteiger partial charge in [-0.25, -0.2) is 13.6 Å². The van der Waals surface area contributed by atoms with Crippen LogP contribution in [0.1, 0.15) is 21.5 Å². The average Bonchev–Trinajstić information content (AvgIpc) is 2.47. The lowest BCUT2D eigenvalue weighted by molar-refractivity contribution is 0.0601. The molecule has 2 rings (SSSR count). The molecular formula is C16H15F2NO2. The quantitative estimate of drug-likeness (QED) is 0.873. The number of hydrogen-bond acceptors (Lipinski definition) is 3. The van der Waals surface area contributed by atoms with Crippen molar-refractivity contribution in [2.75, 3.05) is 12.4 Å². The van der Waals surface area contributed by atoms with Crippen LogP contribution in [0.3, 0.4) is 0 Å². The van der Waals surface area contributed by atoms with Gasteiger partial charge in [-0.15, -0.1) is 0 Å². The molecule has 0 spiro atoms. The molecular weight excluding hydrogens is 276 g/mol. The molecule has 0 atom stereocenters. The van der Waals surface area contributed by atoms with Gasteiger partial charge in [-0.2, -0.15) is 0 Å². The van der Waals surface area contributed by atoms with Gasteiger partial charge >= 0.3 is 5.97 Å². The SMILES string of the molecule is COC(=O)c1ccc(C)c(NCc2c(F)cccc2F)c1. The summed E-state index contributed by atoms with van der Waals surface area (Å²) in [6.07, 6.45) is 0. The first-order valence-electron chi connectivity index (χ1n) is 6.38. The number of nitrogens with one attached hydrogen (secondary N) is 1. The topological polar surface area (TPSA) is 38.3 Å². The highest BCUT2D eigenvalue weighted by Gasteiger charge is 2.11. The molecule has 0 aliphatic heterocycles. The fourth-order valence-corrected chi connectivity index (χ4v) is 1.94. The van der Waals surface area contributed by atoms with Gasteiger partial charge in [0.25, 0.3) is 0 Å². The molecule has 0 aliphatic rings. The van der Waals surface area contributed by atoms with E-state index in [1.165, 1.54) is 25.3 Å². The molecule has 0 unspecified atom stereocenters. The normalized spacial score (nSPS) is 10.3. The first-order valence-corrected chi connectivity index (χ1v) is 6.38. The van der Waals surface area contributed by atoms with Crippen molar-refractivity contribution in [3.63, 3.8) is 0 Å². The molecule has 1 N–H and O–H groups in total. The van der Waals surface area contributed by atoms with Crippen molar-refractivity contribution in [3.8, 4) is 0 Å². The van der Waals surface area contributed by atoms with E-state index in [0.717, 1.165) is 5.56 Å². The second-order valence-corrected chi connectivity index (χ2v) is 4.58. The summed E-state index contributed by atoms with van der Waals surface area (Å²) in [7, 11) is 1.30. The van der Waals surface area contributed by atoms with Crippen molar-refractivity contribution < 1.29 is 18.3 Å². The van der Waals surface area contributed by atoms with Gasteiger partial charge in [0, 0.05) is 17.8 Å². The number of esters is 1. The fourth-order valence-electron chi connectivity index (χ4n) is 1.94. The zero-order valence-corrected chi connectivity index (χ0v) is 11.7. The summed E-state index contributed by atoms with van der Waals surface area (Å²) in [5, 5.41) is 2.94. The molecule has 0 saturated carbocycles. The van der Waals surface area contributed by atoms with Gasteiger partial charge in [0.15, 0.2) is 0 Å². The summed E-state index contributed by atoms with van der Waals surface area (Å²) in [5.74, 6) is -1.68. The maximum absolute atomic E-state index is 13.6. The largest absolute Gasteiger partial charge is 0.465 e. The van der Waals surface area contributed by atoms with Crippen LogP contribution in [0.15, 0.2) is 36.4 Å². The predicted octanol–water partition coefficient (Wildman–Crippen LogP) is 3.67. The minimum Gasteiger partial charge on any atom is -0.465 e. The van der Waals surface area contributed by atoms with Crippen molar-refractivity contribution >= 4 is 11.7 Å². The van der Waals surface area contributed by atoms with Crippen molar-refractivity contribution in [1.29, 1.82) is 0 Å². The van der Waals surface area contributed by atoms with Crippen molar-refractivity contribution in [3.05, 3.63) is 64.7 Å². The monoisotopic (exact) mass is 291 g/mol. The number of hydrogen-bond donors (Lipinski definition) is 1. The molecule has 0 saturated heterocycles. The summed E-state index contributed by atoms with van der Waals surface area (Å²) in [4.78, 5) is 11.5. The van der Waals surface area contributed by atoms with Gasteiger partial charge in [-0.1, -0.05) is 12.1 Å². The van der Waals surface area contributed by atoms with E-state index < -0.39 is 17.6 Å². The van der Waals surface area contributed by atoms with Gasteiger partial charge < -0.3 is 10.1 Å². The zero-order valence-electron chi connectivity index (χ0n) is 11.7. The molecule has 21 heavy (non-hydrogen) atoms. The molecule has 3 nitrogen and oxygen atoms in total. The Labute approximate surface area is 121 Å². The molecule has 0 aromatic heterocycles. The Balaban J connectivity index is 2.22. The molecule has 0 fully saturated rings. The van der Waals surface area contributed by atoms with Crippen LogP contribution in [-0.4, -0.2) is 13.1 Å². The van der Waals surface area contributed by atoms with Crippen LogP contribution < -0.4 is 5.32 Å². The van der Waals surface area contributed by atoms with Gasteiger partial charge in [-0.05, 0) is 36.8 Å². The van der Waals surface area contributed by atoms with E-state index >= 15 is 0 Å². The number of rotatable bonds is 4. The summed E-state index contributed by atoms with van der Waals surface area (Å²) in [6, 6.07) is 8.70. The van der Waals surface area contributed by atoms with Gasteiger partial charge in [-0.3, -0.25) is 0 Å². The second kappa shape index (κ2) is 6.35. The number of carbonyl (C=O) groups excluding carboxylic acids is 1. The highest BCUT2D eigenvalue weighted by Crippen LogP contribution is 2.20. The smallest absolute Gasteiger partial charge is 0.337 e. The average molecular weight is 291 g/mol. The minimum absolute atomic E-state index is 0.00995. The number of anilines is 1. The number of aryl methyl sites for hydroxylation is 1. The standard InChI is InChI=1S/C16H15F2NO2/c1-10-6-7-11(16(20)21-2)8-15(10)19-9-12-13(17)4-3-5-14(12)18/h3-8,19H,9H2,1-2H3. The van der Waals surface area contributed by atoms with Crippen LogP contribution in [0.4, 0.5) is 14.5 Å². The maximum Gasteiger partial charge on any atom is 0.337 e.